The Kier molecular flexibility index (Phi) is 12.8. The van der Waals surface area contributed by atoms with Gasteiger partial charge in [0.05, 0.1) is 24.9 Å². The number of nitrogens with zero attached hydrogens (tertiary/aromatic N) is 7. The van der Waals surface area contributed by atoms with Crippen LogP contribution >= 0.6 is 13.4 Å². The van der Waals surface area contributed by atoms with Crippen LogP contribution in [0.1, 0.15) is 71.8 Å². The third-order valence-corrected chi connectivity index (χ3v) is 25.2. The minimum Gasteiger partial charge on any atom is -0.408 e. The number of nitrogens with two attached hydrogens (primary N) is 1. The number of aryl methyl sites for hydroxylation is 1. The van der Waals surface area contributed by atoms with E-state index in [0.717, 1.165) is 36.2 Å². The van der Waals surface area contributed by atoms with Gasteiger partial charge in [0.25, 0.3) is 0 Å². The van der Waals surface area contributed by atoms with Crippen LogP contribution < -0.4 is 11.1 Å². The van der Waals surface area contributed by atoms with Crippen molar-refractivity contribution in [2.24, 2.45) is 0 Å². The van der Waals surface area contributed by atoms with Gasteiger partial charge in [0.1, 0.15) is 66.5 Å². The standard InChI is InChI=1S/C37H59N9O11P2S2Si2/c1-36(2,3)62(7,8)56-27-22-17-51-58(48,60)54-26-21(16-50-59(49,61)55-28(27)34(53-22)46-19-42-25-30(38)43-23(15-47)44-33(25)46)52-35(29(26)57-63(9,10)37(4,5)6)45-14-20-12-11-13-39-31-24(20)32(45)41-18-40-31/h14,18-19,21-22,26-29,34-35,47H,11-13,15-17H2,1-10H3,(H,48,60)(H,49,61)(H2,38,43,44)(H,39,40,41)/t21-,22-,26-,27-,28-,29-,34-,35-,58?,59?/m1/s1. The number of aromatic nitrogens is 7. The molecule has 2 bridgehead atoms. The lowest BCUT2D eigenvalue weighted by atomic mass is 10.1. The van der Waals surface area contributed by atoms with Gasteiger partial charge in [0.2, 0.25) is 0 Å². The molecular formula is C37H59N9O11P2S2Si2. The van der Waals surface area contributed by atoms with Crippen molar-refractivity contribution in [2.75, 3.05) is 30.8 Å². The molecule has 6 N–H and O–H groups in total. The molecule has 26 heteroatoms. The second-order valence-electron chi connectivity index (χ2n) is 19.5. The number of rotatable bonds is 7. The fourth-order valence-electron chi connectivity index (χ4n) is 7.78. The summed E-state index contributed by atoms with van der Waals surface area (Å²) in [5.41, 5.74) is 8.37. The average Bonchev–Trinajstić information content (AvgIpc) is 3.89. The van der Waals surface area contributed by atoms with E-state index in [-0.39, 0.29) is 46.1 Å². The number of nitrogen functional groups attached to an aromatic ring is 1. The summed E-state index contributed by atoms with van der Waals surface area (Å²) in [6.07, 6.45) is -1.46. The predicted molar refractivity (Wildman–Crippen MR) is 247 cm³/mol. The fraction of sp³-hybridized carbons (Fsp3) is 0.703. The number of imidazole rings is 1. The van der Waals surface area contributed by atoms with Crippen LogP contribution in [0.25, 0.3) is 22.2 Å². The van der Waals surface area contributed by atoms with Gasteiger partial charge in [0.15, 0.2) is 46.4 Å². The van der Waals surface area contributed by atoms with E-state index in [4.69, 9.17) is 70.8 Å². The number of ether oxygens (including phenoxy) is 2. The molecule has 348 valence electrons. The van der Waals surface area contributed by atoms with Crippen LogP contribution in [-0.2, 0) is 73.1 Å². The van der Waals surface area contributed by atoms with E-state index in [1.54, 1.807) is 4.57 Å². The lowest BCUT2D eigenvalue weighted by molar-refractivity contribution is -0.0604. The van der Waals surface area contributed by atoms with E-state index in [0.29, 0.717) is 5.65 Å². The molecule has 3 fully saturated rings. The molecule has 8 heterocycles. The lowest BCUT2D eigenvalue weighted by Gasteiger charge is -2.41. The largest absolute Gasteiger partial charge is 0.408 e. The quantitative estimate of drug-likeness (QED) is 0.113. The molecule has 20 nitrogen and oxygen atoms in total. The first-order valence-corrected chi connectivity index (χ1v) is 32.0. The minimum atomic E-state index is -4.24. The van der Waals surface area contributed by atoms with Gasteiger partial charge in [-0.1, -0.05) is 41.5 Å². The highest BCUT2D eigenvalue weighted by atomic mass is 32.5. The molecule has 0 radical (unpaired) electrons. The summed E-state index contributed by atoms with van der Waals surface area (Å²) < 4.78 is 56.8. The maximum Gasteiger partial charge on any atom is 0.325 e. The summed E-state index contributed by atoms with van der Waals surface area (Å²) in [6.45, 7) is 12.2. The first kappa shape index (κ1) is 47.6. The Hall–Kier alpha value is -1.94. The van der Waals surface area contributed by atoms with Gasteiger partial charge in [0, 0.05) is 12.7 Å². The van der Waals surface area contributed by atoms with Crippen LogP contribution in [0.4, 0.5) is 11.6 Å². The molecule has 4 aliphatic rings. The van der Waals surface area contributed by atoms with Crippen LogP contribution in [0.15, 0.2) is 18.9 Å². The minimum absolute atomic E-state index is 0.0419. The highest BCUT2D eigenvalue weighted by Crippen LogP contribution is 2.56. The Morgan fingerprint density at radius 1 is 0.841 bits per heavy atom. The van der Waals surface area contributed by atoms with E-state index in [1.807, 2.05) is 10.8 Å². The summed E-state index contributed by atoms with van der Waals surface area (Å²) in [7, 11) is -5.29. The molecule has 4 aromatic heterocycles. The van der Waals surface area contributed by atoms with Crippen LogP contribution in [0.3, 0.4) is 0 Å². The highest BCUT2D eigenvalue weighted by Gasteiger charge is 2.57. The number of anilines is 2. The Morgan fingerprint density at radius 2 is 1.46 bits per heavy atom. The number of nitrogens with one attached hydrogen (secondary N) is 1. The van der Waals surface area contributed by atoms with E-state index in [2.05, 4.69) is 93.0 Å². The Balaban J connectivity index is 1.21. The van der Waals surface area contributed by atoms with E-state index < -0.39 is 85.8 Å². The monoisotopic (exact) mass is 987 g/mol. The molecule has 4 aromatic rings. The number of aliphatic hydroxyl groups is 1. The molecule has 3 saturated heterocycles. The van der Waals surface area contributed by atoms with Gasteiger partial charge < -0.3 is 57.9 Å². The summed E-state index contributed by atoms with van der Waals surface area (Å²) in [5.74, 6) is 0.824. The maximum absolute atomic E-state index is 12.1. The second kappa shape index (κ2) is 17.0. The maximum atomic E-state index is 12.1. The normalized spacial score (nSPS) is 32.5. The fourth-order valence-corrected chi connectivity index (χ4v) is 13.2. The Bertz CT molecular complexity index is 2470. The summed E-state index contributed by atoms with van der Waals surface area (Å²) in [6, 6.07) is 0. The third-order valence-electron chi connectivity index (χ3n) is 13.1. The van der Waals surface area contributed by atoms with Gasteiger partial charge in [-0.3, -0.25) is 13.6 Å². The first-order valence-electron chi connectivity index (χ1n) is 21.0. The average molecular weight is 988 g/mol. The van der Waals surface area contributed by atoms with Crippen molar-refractivity contribution in [3.8, 4) is 0 Å². The van der Waals surface area contributed by atoms with Crippen molar-refractivity contribution in [1.29, 1.82) is 0 Å². The number of fused-ring (bicyclic) bond motifs is 4. The zero-order valence-electron chi connectivity index (χ0n) is 37.1. The summed E-state index contributed by atoms with van der Waals surface area (Å²) in [4.78, 5) is 46.5. The lowest BCUT2D eigenvalue weighted by Crippen LogP contribution is -2.50. The Labute approximate surface area is 378 Å². The topological polar surface area (TPSA) is 247 Å². The molecule has 0 saturated carbocycles. The van der Waals surface area contributed by atoms with Crippen molar-refractivity contribution in [3.05, 3.63) is 30.2 Å². The Morgan fingerprint density at radius 3 is 2.11 bits per heavy atom. The molecule has 2 unspecified atom stereocenters. The van der Waals surface area contributed by atoms with Crippen LogP contribution in [0, 0.1) is 0 Å². The molecule has 0 amide bonds. The molecule has 0 aliphatic carbocycles. The van der Waals surface area contributed by atoms with Crippen molar-refractivity contribution >= 4 is 87.5 Å². The van der Waals surface area contributed by atoms with Gasteiger partial charge in [-0.05, 0) is 78.3 Å². The van der Waals surface area contributed by atoms with Gasteiger partial charge in [-0.25, -0.2) is 24.9 Å². The van der Waals surface area contributed by atoms with Gasteiger partial charge >= 0.3 is 13.4 Å². The zero-order valence-corrected chi connectivity index (χ0v) is 42.5. The molecule has 0 aromatic carbocycles. The van der Waals surface area contributed by atoms with E-state index in [1.165, 1.54) is 12.7 Å². The smallest absolute Gasteiger partial charge is 0.325 e. The van der Waals surface area contributed by atoms with E-state index >= 15 is 0 Å². The van der Waals surface area contributed by atoms with Crippen LogP contribution in [0.2, 0.25) is 36.3 Å². The predicted octanol–water partition coefficient (Wildman–Crippen LogP) is 5.53. The van der Waals surface area contributed by atoms with Crippen molar-refractivity contribution in [1.82, 2.24) is 34.1 Å². The molecule has 4 aliphatic heterocycles. The zero-order chi connectivity index (χ0) is 45.7. The highest BCUT2D eigenvalue weighted by molar-refractivity contribution is 8.07. The molecule has 10 atom stereocenters. The van der Waals surface area contributed by atoms with Crippen LogP contribution in [0.5, 0.6) is 0 Å². The van der Waals surface area contributed by atoms with Gasteiger partial charge in [-0.15, -0.1) is 0 Å². The number of hydrogen-bond acceptors (Lipinski definition) is 18. The van der Waals surface area contributed by atoms with Crippen molar-refractivity contribution in [3.63, 3.8) is 0 Å². The number of aliphatic hydroxyl groups excluding tert-OH is 1. The van der Waals surface area contributed by atoms with Crippen molar-refractivity contribution < 1.29 is 51.3 Å². The molecule has 63 heavy (non-hydrogen) atoms. The molecule has 8 rings (SSSR count). The first-order chi connectivity index (χ1) is 29.3. The van der Waals surface area contributed by atoms with Crippen LogP contribution in [-0.4, -0.2) is 122 Å². The summed E-state index contributed by atoms with van der Waals surface area (Å²) >= 11 is 11.6. The molecule has 0 spiro atoms. The number of hydrogen-bond donors (Lipinski definition) is 5. The SMILES string of the molecule is CC(C)(C)[Si](C)(C)O[C@@H]1[C@@H]2OP(O)(=S)OC[C@H]3O[C@@H](n4cnc5c(N)nc(CO)nc54)[C@H](OP(O)(=S)OC[C@H]2O[C@H]1n1cc2c4c(ncnc41)NCCC2)[C@@H]3O[Si](C)(C)C(C)(C)C. The molecular weight excluding hydrogens is 929 g/mol. The third kappa shape index (κ3) is 9.24. The second-order valence-corrected chi connectivity index (χ2v) is 34.6. The summed E-state index contributed by atoms with van der Waals surface area (Å²) in [5, 5.41) is 13.7. The van der Waals surface area contributed by atoms with E-state index in [9.17, 15) is 14.9 Å². The van der Waals surface area contributed by atoms with Gasteiger partial charge in [-0.2, -0.15) is 0 Å². The van der Waals surface area contributed by atoms with Crippen molar-refractivity contribution in [2.45, 2.75) is 146 Å².